The Morgan fingerprint density at radius 2 is 2.00 bits per heavy atom. The number of aromatic nitrogens is 2. The molecule has 0 unspecified atom stereocenters. The third-order valence-corrected chi connectivity index (χ3v) is 6.85. The van der Waals surface area contributed by atoms with Crippen LogP contribution >= 0.6 is 46.3 Å². The molecule has 0 aliphatic heterocycles. The van der Waals surface area contributed by atoms with Crippen molar-refractivity contribution in [3.8, 4) is 0 Å². The summed E-state index contributed by atoms with van der Waals surface area (Å²) < 4.78 is 26.1. The molecule has 0 bridgehead atoms. The first-order chi connectivity index (χ1) is 11.6. The predicted molar refractivity (Wildman–Crippen MR) is 104 cm³/mol. The van der Waals surface area contributed by atoms with E-state index in [2.05, 4.69) is 15.5 Å². The van der Waals surface area contributed by atoms with Crippen molar-refractivity contribution in [3.63, 3.8) is 0 Å². The number of hydrogen-bond acceptors (Lipinski definition) is 7. The van der Waals surface area contributed by atoms with Crippen LogP contribution in [0, 0.1) is 0 Å². The van der Waals surface area contributed by atoms with Crippen LogP contribution in [0.5, 0.6) is 0 Å². The minimum absolute atomic E-state index is 0.189. The van der Waals surface area contributed by atoms with E-state index in [0.29, 0.717) is 9.47 Å². The van der Waals surface area contributed by atoms with Crippen LogP contribution in [0.3, 0.4) is 0 Å². The molecule has 2 aromatic rings. The molecule has 0 spiro atoms. The number of thioether (sulfide) groups is 1. The second-order valence-corrected chi connectivity index (χ2v) is 9.60. The van der Waals surface area contributed by atoms with Crippen LogP contribution in [0.25, 0.3) is 0 Å². The molecular weight excluding hydrogens is 427 g/mol. The van der Waals surface area contributed by atoms with Gasteiger partial charge in [-0.15, -0.1) is 10.2 Å². The van der Waals surface area contributed by atoms with E-state index in [9.17, 15) is 13.2 Å². The summed E-state index contributed by atoms with van der Waals surface area (Å²) in [5.74, 6) is -0.541. The van der Waals surface area contributed by atoms with Crippen molar-refractivity contribution >= 4 is 73.0 Å². The Balaban J connectivity index is 2.30. The van der Waals surface area contributed by atoms with E-state index in [1.165, 1.54) is 48.2 Å². The third kappa shape index (κ3) is 4.98. The SMILES string of the molecule is CSc1nnc(NC(=O)[C@@H](C)N(c2ccc(Cl)c(Cl)c2)S(C)(=O)=O)s1. The highest BCUT2D eigenvalue weighted by molar-refractivity contribution is 8.00. The van der Waals surface area contributed by atoms with Crippen LogP contribution in [0.1, 0.15) is 6.92 Å². The van der Waals surface area contributed by atoms with E-state index in [0.717, 1.165) is 10.6 Å². The monoisotopic (exact) mass is 440 g/mol. The lowest BCUT2D eigenvalue weighted by molar-refractivity contribution is -0.116. The highest BCUT2D eigenvalue weighted by Gasteiger charge is 2.30. The second kappa shape index (κ2) is 8.09. The summed E-state index contributed by atoms with van der Waals surface area (Å²) in [5.41, 5.74) is 0.238. The Kier molecular flexibility index (Phi) is 6.55. The molecule has 1 atom stereocenters. The van der Waals surface area contributed by atoms with Gasteiger partial charge in [-0.3, -0.25) is 14.4 Å². The summed E-state index contributed by atoms with van der Waals surface area (Å²) >= 11 is 14.4. The molecule has 1 aromatic carbocycles. The average molecular weight is 441 g/mol. The van der Waals surface area contributed by atoms with Crippen LogP contribution in [0.2, 0.25) is 10.0 Å². The first-order valence-electron chi connectivity index (χ1n) is 6.76. The van der Waals surface area contributed by atoms with Gasteiger partial charge in [0.05, 0.1) is 22.0 Å². The van der Waals surface area contributed by atoms with E-state index in [1.54, 1.807) is 0 Å². The standard InChI is InChI=1S/C13H14Cl2N4O3S3/c1-7(11(20)16-12-17-18-13(23-2)24-12)19(25(3,21)22)8-4-5-9(14)10(15)6-8/h4-7H,1-3H3,(H,16,17,20)/t7-/m1/s1. The van der Waals surface area contributed by atoms with E-state index >= 15 is 0 Å². The molecule has 1 heterocycles. The summed E-state index contributed by atoms with van der Waals surface area (Å²) in [6.45, 7) is 1.47. The number of amides is 1. The second-order valence-electron chi connectivity index (χ2n) is 4.90. The molecule has 0 aliphatic carbocycles. The van der Waals surface area contributed by atoms with Crippen LogP contribution in [-0.2, 0) is 14.8 Å². The van der Waals surface area contributed by atoms with Crippen LogP contribution < -0.4 is 9.62 Å². The van der Waals surface area contributed by atoms with E-state index < -0.39 is 22.0 Å². The zero-order valence-corrected chi connectivity index (χ0v) is 17.3. The number of hydrogen-bond donors (Lipinski definition) is 1. The van der Waals surface area contributed by atoms with Gasteiger partial charge in [0, 0.05) is 0 Å². The number of anilines is 2. The topological polar surface area (TPSA) is 92.3 Å². The molecule has 136 valence electrons. The lowest BCUT2D eigenvalue weighted by atomic mass is 10.2. The van der Waals surface area contributed by atoms with Crippen molar-refractivity contribution in [1.82, 2.24) is 10.2 Å². The zero-order chi connectivity index (χ0) is 18.8. The number of carbonyl (C=O) groups excluding carboxylic acids is 1. The summed E-state index contributed by atoms with van der Waals surface area (Å²) in [6, 6.07) is 3.31. The lowest BCUT2D eigenvalue weighted by Gasteiger charge is -2.28. The molecule has 1 N–H and O–H groups in total. The Labute approximate surface area is 163 Å². The number of benzene rings is 1. The summed E-state index contributed by atoms with van der Waals surface area (Å²) in [7, 11) is -3.75. The Hall–Kier alpha value is -1.07. The van der Waals surface area contributed by atoms with Crippen molar-refractivity contribution in [2.24, 2.45) is 0 Å². The fourth-order valence-corrected chi connectivity index (χ4v) is 4.62. The minimum atomic E-state index is -3.75. The number of rotatable bonds is 6. The minimum Gasteiger partial charge on any atom is -0.299 e. The highest BCUT2D eigenvalue weighted by Crippen LogP contribution is 2.30. The molecule has 1 aromatic heterocycles. The van der Waals surface area contributed by atoms with Gasteiger partial charge in [0.15, 0.2) is 4.34 Å². The first-order valence-corrected chi connectivity index (χ1v) is 11.4. The molecule has 1 amide bonds. The average Bonchev–Trinajstić information content (AvgIpc) is 2.97. The van der Waals surface area contributed by atoms with Gasteiger partial charge in [0.25, 0.3) is 0 Å². The molecule has 25 heavy (non-hydrogen) atoms. The van der Waals surface area contributed by atoms with Crippen molar-refractivity contribution in [3.05, 3.63) is 28.2 Å². The van der Waals surface area contributed by atoms with Crippen LogP contribution in [-0.4, -0.2) is 43.1 Å². The number of nitrogens with zero attached hydrogens (tertiary/aromatic N) is 3. The highest BCUT2D eigenvalue weighted by atomic mass is 35.5. The Morgan fingerprint density at radius 1 is 1.32 bits per heavy atom. The molecule has 0 aliphatic rings. The summed E-state index contributed by atoms with van der Waals surface area (Å²) in [4.78, 5) is 12.5. The van der Waals surface area contributed by atoms with Gasteiger partial charge < -0.3 is 0 Å². The number of carbonyl (C=O) groups is 1. The fourth-order valence-electron chi connectivity index (χ4n) is 1.98. The zero-order valence-electron chi connectivity index (χ0n) is 13.4. The van der Waals surface area contributed by atoms with Crippen molar-refractivity contribution < 1.29 is 13.2 Å². The van der Waals surface area contributed by atoms with Crippen LogP contribution in [0.4, 0.5) is 10.8 Å². The molecule has 0 fully saturated rings. The molecule has 0 saturated carbocycles. The maximum atomic E-state index is 12.5. The quantitative estimate of drug-likeness (QED) is 0.546. The number of nitrogens with one attached hydrogen (secondary N) is 1. The van der Waals surface area contributed by atoms with Gasteiger partial charge in [-0.2, -0.15) is 0 Å². The molecule has 12 heteroatoms. The number of sulfonamides is 1. The maximum absolute atomic E-state index is 12.5. The van der Waals surface area contributed by atoms with Gasteiger partial charge >= 0.3 is 0 Å². The largest absolute Gasteiger partial charge is 0.299 e. The van der Waals surface area contributed by atoms with E-state index in [-0.39, 0.29) is 15.7 Å². The fraction of sp³-hybridized carbons (Fsp3) is 0.308. The van der Waals surface area contributed by atoms with Gasteiger partial charge in [0.1, 0.15) is 6.04 Å². The van der Waals surface area contributed by atoms with Crippen molar-refractivity contribution in [2.45, 2.75) is 17.3 Å². The first kappa shape index (κ1) is 20.2. The van der Waals surface area contributed by atoms with Gasteiger partial charge in [-0.25, -0.2) is 8.42 Å². The van der Waals surface area contributed by atoms with Crippen molar-refractivity contribution in [1.29, 1.82) is 0 Å². The van der Waals surface area contributed by atoms with Gasteiger partial charge in [-0.1, -0.05) is 46.3 Å². The van der Waals surface area contributed by atoms with E-state index in [4.69, 9.17) is 23.2 Å². The molecule has 7 nitrogen and oxygen atoms in total. The third-order valence-electron chi connectivity index (χ3n) is 3.06. The Morgan fingerprint density at radius 3 is 2.52 bits per heavy atom. The van der Waals surface area contributed by atoms with Gasteiger partial charge in [-0.05, 0) is 31.4 Å². The Bertz CT molecular complexity index is 888. The smallest absolute Gasteiger partial charge is 0.249 e. The normalized spacial score (nSPS) is 12.7. The van der Waals surface area contributed by atoms with E-state index in [1.807, 2.05) is 6.26 Å². The molecule has 0 saturated heterocycles. The van der Waals surface area contributed by atoms with Gasteiger partial charge in [0.2, 0.25) is 21.1 Å². The molecule has 2 rings (SSSR count). The lowest BCUT2D eigenvalue weighted by Crippen LogP contribution is -2.45. The number of halogens is 2. The predicted octanol–water partition coefficient (Wildman–Crippen LogP) is 3.36. The summed E-state index contributed by atoms with van der Waals surface area (Å²) in [5, 5.41) is 11.1. The molecule has 0 radical (unpaired) electrons. The summed E-state index contributed by atoms with van der Waals surface area (Å²) in [6.07, 6.45) is 2.85. The van der Waals surface area contributed by atoms with Crippen LogP contribution in [0.15, 0.2) is 22.5 Å². The maximum Gasteiger partial charge on any atom is 0.249 e. The van der Waals surface area contributed by atoms with Crippen molar-refractivity contribution in [2.75, 3.05) is 22.1 Å². The molecular formula is C13H14Cl2N4O3S3.